The maximum atomic E-state index is 5.80. The molecule has 1 saturated carbocycles. The highest BCUT2D eigenvalue weighted by Gasteiger charge is 2.62. The van der Waals surface area contributed by atoms with E-state index in [1.807, 2.05) is 0 Å². The molecule has 2 nitrogen and oxygen atoms in total. The Kier molecular flexibility index (Phi) is 1.59. The summed E-state index contributed by atoms with van der Waals surface area (Å²) in [7, 11) is 0. The van der Waals surface area contributed by atoms with Gasteiger partial charge in [-0.2, -0.15) is 0 Å². The molecular weight excluding hydrogens is 164 g/mol. The topological polar surface area (TPSA) is 18.5 Å². The second-order valence-corrected chi connectivity index (χ2v) is 4.40. The van der Waals surface area contributed by atoms with Crippen molar-refractivity contribution in [1.82, 2.24) is 0 Å². The molecule has 3 rings (SSSR count). The third kappa shape index (κ3) is 0.856. The first-order valence-corrected chi connectivity index (χ1v) is 5.29. The molecule has 2 heteroatoms. The van der Waals surface area contributed by atoms with Crippen LogP contribution in [0.4, 0.5) is 0 Å². The molecule has 0 bridgehead atoms. The minimum atomic E-state index is -0.185. The third-order valence-electron chi connectivity index (χ3n) is 3.93. The predicted molar refractivity (Wildman–Crippen MR) is 49.2 cm³/mol. The normalized spacial score (nSPS) is 46.1. The van der Waals surface area contributed by atoms with E-state index in [9.17, 15) is 0 Å². The third-order valence-corrected chi connectivity index (χ3v) is 3.93. The fourth-order valence-corrected chi connectivity index (χ4v) is 3.25. The Hall–Kier alpha value is -0.340. The van der Waals surface area contributed by atoms with E-state index in [-0.39, 0.29) is 5.79 Å². The lowest BCUT2D eigenvalue weighted by Gasteiger charge is -2.57. The number of rotatable bonds is 0. The van der Waals surface area contributed by atoms with Gasteiger partial charge in [-0.25, -0.2) is 0 Å². The lowest BCUT2D eigenvalue weighted by atomic mass is 9.57. The van der Waals surface area contributed by atoms with Crippen molar-refractivity contribution in [1.29, 1.82) is 0 Å². The Balaban J connectivity index is 1.88. The molecule has 13 heavy (non-hydrogen) atoms. The van der Waals surface area contributed by atoms with E-state index in [0.29, 0.717) is 17.8 Å². The van der Waals surface area contributed by atoms with Crippen molar-refractivity contribution in [3.63, 3.8) is 0 Å². The summed E-state index contributed by atoms with van der Waals surface area (Å²) in [4.78, 5) is 0. The maximum Gasteiger partial charge on any atom is 0.174 e. The smallest absolute Gasteiger partial charge is 0.174 e. The summed E-state index contributed by atoms with van der Waals surface area (Å²) >= 11 is 0. The van der Waals surface area contributed by atoms with E-state index in [0.717, 1.165) is 13.2 Å². The van der Waals surface area contributed by atoms with E-state index in [1.165, 1.54) is 12.8 Å². The minimum Gasteiger partial charge on any atom is -0.347 e. The number of allylic oxidation sites excluding steroid dienone is 2. The SMILES string of the molecule is CC1C2C=CCCC2C12OCCO2. The van der Waals surface area contributed by atoms with E-state index in [1.54, 1.807) is 0 Å². The highest BCUT2D eigenvalue weighted by Crippen LogP contribution is 2.57. The molecule has 0 radical (unpaired) electrons. The van der Waals surface area contributed by atoms with Crippen molar-refractivity contribution >= 4 is 0 Å². The standard InChI is InChI=1S/C11H16O2/c1-8-9-4-2-3-5-10(9)11(8)12-6-7-13-11/h2,4,8-10H,3,5-7H2,1H3. The van der Waals surface area contributed by atoms with Crippen LogP contribution in [0, 0.1) is 17.8 Å². The summed E-state index contributed by atoms with van der Waals surface area (Å²) in [6.45, 7) is 3.83. The van der Waals surface area contributed by atoms with Crippen molar-refractivity contribution in [2.24, 2.45) is 17.8 Å². The van der Waals surface area contributed by atoms with Gasteiger partial charge in [0.1, 0.15) is 0 Å². The van der Waals surface area contributed by atoms with Gasteiger partial charge in [0.05, 0.1) is 13.2 Å². The lowest BCUT2D eigenvalue weighted by molar-refractivity contribution is -0.308. The zero-order valence-electron chi connectivity index (χ0n) is 8.03. The molecule has 1 aliphatic heterocycles. The summed E-state index contributed by atoms with van der Waals surface area (Å²) in [6, 6.07) is 0. The van der Waals surface area contributed by atoms with Crippen molar-refractivity contribution in [2.75, 3.05) is 13.2 Å². The average molecular weight is 180 g/mol. The molecule has 2 aliphatic carbocycles. The molecule has 1 heterocycles. The number of ether oxygens (including phenoxy) is 2. The van der Waals surface area contributed by atoms with Crippen LogP contribution >= 0.6 is 0 Å². The predicted octanol–water partition coefficient (Wildman–Crippen LogP) is 1.96. The first-order chi connectivity index (χ1) is 6.34. The second kappa shape index (κ2) is 2.58. The van der Waals surface area contributed by atoms with Gasteiger partial charge in [-0.1, -0.05) is 19.1 Å². The van der Waals surface area contributed by atoms with E-state index in [4.69, 9.17) is 9.47 Å². The van der Waals surface area contributed by atoms with Gasteiger partial charge in [-0.15, -0.1) is 0 Å². The molecule has 2 fully saturated rings. The van der Waals surface area contributed by atoms with E-state index < -0.39 is 0 Å². The Morgan fingerprint density at radius 2 is 2.08 bits per heavy atom. The van der Waals surface area contributed by atoms with Crippen LogP contribution in [0.2, 0.25) is 0 Å². The van der Waals surface area contributed by atoms with Gasteiger partial charge >= 0.3 is 0 Å². The molecule has 3 unspecified atom stereocenters. The molecular formula is C11H16O2. The lowest BCUT2D eigenvalue weighted by Crippen LogP contribution is -2.62. The fourth-order valence-electron chi connectivity index (χ4n) is 3.25. The number of hydrogen-bond donors (Lipinski definition) is 0. The largest absolute Gasteiger partial charge is 0.347 e. The van der Waals surface area contributed by atoms with Crippen LogP contribution in [0.5, 0.6) is 0 Å². The van der Waals surface area contributed by atoms with Crippen LogP contribution in [0.15, 0.2) is 12.2 Å². The zero-order valence-corrected chi connectivity index (χ0v) is 8.03. The van der Waals surface area contributed by atoms with Gasteiger partial charge < -0.3 is 9.47 Å². The first kappa shape index (κ1) is 8.01. The molecule has 3 atom stereocenters. The van der Waals surface area contributed by atoms with Gasteiger partial charge in [0.15, 0.2) is 5.79 Å². The number of fused-ring (bicyclic) bond motifs is 2. The quantitative estimate of drug-likeness (QED) is 0.530. The molecule has 0 aromatic carbocycles. The Morgan fingerprint density at radius 3 is 2.85 bits per heavy atom. The monoisotopic (exact) mass is 180 g/mol. The minimum absolute atomic E-state index is 0.185. The molecule has 1 saturated heterocycles. The Labute approximate surface area is 78.9 Å². The summed E-state index contributed by atoms with van der Waals surface area (Å²) < 4.78 is 11.6. The van der Waals surface area contributed by atoms with Crippen molar-refractivity contribution < 1.29 is 9.47 Å². The van der Waals surface area contributed by atoms with Gasteiger partial charge in [0.25, 0.3) is 0 Å². The second-order valence-electron chi connectivity index (χ2n) is 4.40. The summed E-state index contributed by atoms with van der Waals surface area (Å²) in [5.41, 5.74) is 0. The van der Waals surface area contributed by atoms with Crippen LogP contribution in [-0.2, 0) is 9.47 Å². The first-order valence-electron chi connectivity index (χ1n) is 5.29. The summed E-state index contributed by atoms with van der Waals surface area (Å²) in [6.07, 6.45) is 7.10. The molecule has 0 amide bonds. The van der Waals surface area contributed by atoms with E-state index >= 15 is 0 Å². The van der Waals surface area contributed by atoms with Crippen molar-refractivity contribution in [3.8, 4) is 0 Å². The van der Waals surface area contributed by atoms with Gasteiger partial charge in [-0.3, -0.25) is 0 Å². The molecule has 0 N–H and O–H groups in total. The fraction of sp³-hybridized carbons (Fsp3) is 0.818. The van der Waals surface area contributed by atoms with Crippen molar-refractivity contribution in [3.05, 3.63) is 12.2 Å². The van der Waals surface area contributed by atoms with Crippen LogP contribution < -0.4 is 0 Å². The molecule has 0 aromatic heterocycles. The van der Waals surface area contributed by atoms with Gasteiger partial charge in [0.2, 0.25) is 0 Å². The van der Waals surface area contributed by atoms with Crippen molar-refractivity contribution in [2.45, 2.75) is 25.6 Å². The summed E-state index contributed by atoms with van der Waals surface area (Å²) in [5.74, 6) is 1.72. The van der Waals surface area contributed by atoms with Crippen LogP contribution in [0.1, 0.15) is 19.8 Å². The summed E-state index contributed by atoms with van der Waals surface area (Å²) in [5, 5.41) is 0. The molecule has 72 valence electrons. The molecule has 1 spiro atoms. The van der Waals surface area contributed by atoms with Gasteiger partial charge in [0, 0.05) is 11.8 Å². The average Bonchev–Trinajstić information content (AvgIpc) is 2.68. The zero-order chi connectivity index (χ0) is 8.89. The highest BCUT2D eigenvalue weighted by molar-refractivity contribution is 5.14. The highest BCUT2D eigenvalue weighted by atomic mass is 16.7. The maximum absolute atomic E-state index is 5.80. The molecule has 0 aromatic rings. The van der Waals surface area contributed by atoms with Crippen LogP contribution in [-0.4, -0.2) is 19.0 Å². The van der Waals surface area contributed by atoms with Crippen LogP contribution in [0.25, 0.3) is 0 Å². The Morgan fingerprint density at radius 1 is 1.31 bits per heavy atom. The van der Waals surface area contributed by atoms with E-state index in [2.05, 4.69) is 19.1 Å². The molecule has 3 aliphatic rings. The Bertz CT molecular complexity index is 240. The van der Waals surface area contributed by atoms with Gasteiger partial charge in [-0.05, 0) is 18.8 Å². The number of hydrogen-bond acceptors (Lipinski definition) is 2. The van der Waals surface area contributed by atoms with Crippen LogP contribution in [0.3, 0.4) is 0 Å².